The number of nitrogens with one attached hydrogen (secondary N) is 2. The van der Waals surface area contributed by atoms with Crippen molar-refractivity contribution >= 4 is 29.1 Å². The zero-order valence-corrected chi connectivity index (χ0v) is 14.4. The van der Waals surface area contributed by atoms with Crippen molar-refractivity contribution in [2.45, 2.75) is 19.4 Å². The minimum atomic E-state index is -0.217. The van der Waals surface area contributed by atoms with Gasteiger partial charge in [-0.3, -0.25) is 9.59 Å². The lowest BCUT2D eigenvalue weighted by atomic mass is 10.2. The van der Waals surface area contributed by atoms with E-state index >= 15 is 0 Å². The predicted molar refractivity (Wildman–Crippen MR) is 96.6 cm³/mol. The highest BCUT2D eigenvalue weighted by molar-refractivity contribution is 6.30. The van der Waals surface area contributed by atoms with E-state index < -0.39 is 0 Å². The predicted octanol–water partition coefficient (Wildman–Crippen LogP) is 3.38. The number of halogens is 1. The highest BCUT2D eigenvalue weighted by Crippen LogP contribution is 2.30. The molecule has 0 aromatic heterocycles. The van der Waals surface area contributed by atoms with Crippen molar-refractivity contribution in [1.82, 2.24) is 5.32 Å². The molecule has 0 spiro atoms. The Labute approximate surface area is 151 Å². The van der Waals surface area contributed by atoms with Gasteiger partial charge < -0.3 is 15.4 Å². The van der Waals surface area contributed by atoms with E-state index in [4.69, 9.17) is 16.3 Å². The molecule has 25 heavy (non-hydrogen) atoms. The highest BCUT2D eigenvalue weighted by atomic mass is 35.5. The maximum Gasteiger partial charge on any atom is 0.258 e. The minimum absolute atomic E-state index is 0.0639. The van der Waals surface area contributed by atoms with Gasteiger partial charge in [-0.25, -0.2) is 0 Å². The van der Waals surface area contributed by atoms with Gasteiger partial charge in [-0.1, -0.05) is 23.7 Å². The highest BCUT2D eigenvalue weighted by Gasteiger charge is 2.29. The van der Waals surface area contributed by atoms with Gasteiger partial charge in [-0.2, -0.15) is 0 Å². The molecule has 0 unspecified atom stereocenters. The zero-order valence-electron chi connectivity index (χ0n) is 13.6. The summed E-state index contributed by atoms with van der Waals surface area (Å²) in [4.78, 5) is 23.5. The number of carbonyl (C=O) groups is 2. The average Bonchev–Trinajstić information content (AvgIpc) is 3.44. The molecule has 1 aliphatic rings. The fraction of sp³-hybridized carbons (Fsp3) is 0.263. The van der Waals surface area contributed by atoms with Gasteiger partial charge >= 0.3 is 0 Å². The van der Waals surface area contributed by atoms with Gasteiger partial charge in [0, 0.05) is 23.2 Å². The molecule has 2 amide bonds. The summed E-state index contributed by atoms with van der Waals surface area (Å²) in [6.07, 6.45) is 1.94. The fourth-order valence-electron chi connectivity index (χ4n) is 2.27. The molecule has 3 rings (SSSR count). The van der Waals surface area contributed by atoms with Gasteiger partial charge in [-0.15, -0.1) is 0 Å². The van der Waals surface area contributed by atoms with Crippen LogP contribution in [-0.4, -0.2) is 18.4 Å². The topological polar surface area (TPSA) is 67.4 Å². The van der Waals surface area contributed by atoms with Gasteiger partial charge in [0.15, 0.2) is 6.61 Å². The van der Waals surface area contributed by atoms with E-state index in [-0.39, 0.29) is 24.3 Å². The fourth-order valence-corrected chi connectivity index (χ4v) is 2.48. The molecule has 0 saturated heterocycles. The smallest absolute Gasteiger partial charge is 0.258 e. The van der Waals surface area contributed by atoms with Crippen molar-refractivity contribution in [3.8, 4) is 5.75 Å². The summed E-state index contributed by atoms with van der Waals surface area (Å²) in [5.74, 6) is 0.585. The van der Waals surface area contributed by atoms with Crippen LogP contribution in [0.5, 0.6) is 5.75 Å². The van der Waals surface area contributed by atoms with Crippen molar-refractivity contribution < 1.29 is 14.3 Å². The van der Waals surface area contributed by atoms with E-state index in [0.29, 0.717) is 17.3 Å². The van der Waals surface area contributed by atoms with Gasteiger partial charge in [0.1, 0.15) is 5.75 Å². The molecular weight excluding hydrogens is 340 g/mol. The van der Waals surface area contributed by atoms with Crippen molar-refractivity contribution in [2.75, 3.05) is 11.9 Å². The van der Waals surface area contributed by atoms with Crippen molar-refractivity contribution in [2.24, 2.45) is 5.92 Å². The first-order valence-electron chi connectivity index (χ1n) is 8.15. The monoisotopic (exact) mass is 358 g/mol. The average molecular weight is 359 g/mol. The number of hydrogen-bond donors (Lipinski definition) is 2. The van der Waals surface area contributed by atoms with Crippen LogP contribution in [0.2, 0.25) is 5.02 Å². The third kappa shape index (κ3) is 5.50. The van der Waals surface area contributed by atoms with Crippen LogP contribution in [0.3, 0.4) is 0 Å². The molecule has 1 fully saturated rings. The van der Waals surface area contributed by atoms with E-state index in [1.165, 1.54) is 0 Å². The second-order valence-corrected chi connectivity index (χ2v) is 6.42. The van der Waals surface area contributed by atoms with Gasteiger partial charge in [0.05, 0.1) is 0 Å². The molecule has 1 aliphatic carbocycles. The van der Waals surface area contributed by atoms with Crippen LogP contribution in [0.25, 0.3) is 0 Å². The number of carbonyl (C=O) groups excluding carboxylic acids is 2. The number of rotatable bonds is 7. The molecule has 0 bridgehead atoms. The Bertz CT molecular complexity index is 758. The molecule has 2 N–H and O–H groups in total. The normalized spacial score (nSPS) is 13.2. The Hall–Kier alpha value is -2.53. The second kappa shape index (κ2) is 8.03. The summed E-state index contributed by atoms with van der Waals surface area (Å²) in [5.41, 5.74) is 1.66. The van der Waals surface area contributed by atoms with E-state index in [1.54, 1.807) is 36.4 Å². The molecule has 2 aromatic rings. The first-order valence-corrected chi connectivity index (χ1v) is 8.53. The third-order valence-electron chi connectivity index (χ3n) is 3.82. The zero-order chi connectivity index (χ0) is 17.6. The van der Waals surface area contributed by atoms with Gasteiger partial charge in [0.2, 0.25) is 5.91 Å². The number of amides is 2. The van der Waals surface area contributed by atoms with Crippen molar-refractivity contribution in [1.29, 1.82) is 0 Å². The minimum Gasteiger partial charge on any atom is -0.484 e. The first kappa shape index (κ1) is 17.3. The molecule has 1 saturated carbocycles. The molecule has 5 nitrogen and oxygen atoms in total. The molecule has 0 aliphatic heterocycles. The molecule has 2 aromatic carbocycles. The largest absolute Gasteiger partial charge is 0.484 e. The summed E-state index contributed by atoms with van der Waals surface area (Å²) in [5, 5.41) is 6.26. The van der Waals surface area contributed by atoms with Gasteiger partial charge in [-0.05, 0) is 54.8 Å². The molecular formula is C19H19ClN2O3. The third-order valence-corrected chi connectivity index (χ3v) is 4.05. The van der Waals surface area contributed by atoms with Gasteiger partial charge in [0.25, 0.3) is 5.91 Å². The van der Waals surface area contributed by atoms with Crippen molar-refractivity contribution in [3.63, 3.8) is 0 Å². The first-order chi connectivity index (χ1) is 12.1. The lowest BCUT2D eigenvalue weighted by molar-refractivity contribution is -0.123. The summed E-state index contributed by atoms with van der Waals surface area (Å²) >= 11 is 5.90. The molecule has 0 radical (unpaired) electrons. The summed E-state index contributed by atoms with van der Waals surface area (Å²) in [7, 11) is 0. The van der Waals surface area contributed by atoms with E-state index in [0.717, 1.165) is 24.1 Å². The second-order valence-electron chi connectivity index (χ2n) is 5.98. The molecule has 0 atom stereocenters. The Balaban J connectivity index is 1.41. The van der Waals surface area contributed by atoms with Crippen LogP contribution >= 0.6 is 11.6 Å². The summed E-state index contributed by atoms with van der Waals surface area (Å²) in [6, 6.07) is 14.3. The Morgan fingerprint density at radius 2 is 1.88 bits per heavy atom. The SMILES string of the molecule is O=C(COc1ccc(NC(=O)C2CC2)cc1)NCc1cccc(Cl)c1. The van der Waals surface area contributed by atoms with E-state index in [1.807, 2.05) is 12.1 Å². The maximum atomic E-state index is 11.8. The Morgan fingerprint density at radius 1 is 1.12 bits per heavy atom. The molecule has 6 heteroatoms. The number of ether oxygens (including phenoxy) is 1. The lowest BCUT2D eigenvalue weighted by Gasteiger charge is -2.09. The van der Waals surface area contributed by atoms with E-state index in [2.05, 4.69) is 10.6 Å². The van der Waals surface area contributed by atoms with E-state index in [9.17, 15) is 9.59 Å². The quantitative estimate of drug-likeness (QED) is 0.797. The summed E-state index contributed by atoms with van der Waals surface area (Å²) in [6.45, 7) is 0.323. The maximum absolute atomic E-state index is 11.8. The Kier molecular flexibility index (Phi) is 5.56. The molecule has 0 heterocycles. The Morgan fingerprint density at radius 3 is 2.56 bits per heavy atom. The van der Waals surface area contributed by atoms with Crippen LogP contribution in [0.4, 0.5) is 5.69 Å². The number of hydrogen-bond acceptors (Lipinski definition) is 3. The summed E-state index contributed by atoms with van der Waals surface area (Å²) < 4.78 is 5.45. The standard InChI is InChI=1S/C19H19ClN2O3/c20-15-3-1-2-13(10-15)11-21-18(23)12-25-17-8-6-16(7-9-17)22-19(24)14-4-5-14/h1-3,6-10,14H,4-5,11-12H2,(H,21,23)(H,22,24). The van der Waals surface area contributed by atoms with Crippen LogP contribution < -0.4 is 15.4 Å². The molecule has 130 valence electrons. The van der Waals surface area contributed by atoms with Crippen LogP contribution in [0.15, 0.2) is 48.5 Å². The van der Waals surface area contributed by atoms with Crippen LogP contribution in [-0.2, 0) is 16.1 Å². The number of anilines is 1. The lowest BCUT2D eigenvalue weighted by Crippen LogP contribution is -2.28. The van der Waals surface area contributed by atoms with Crippen LogP contribution in [0, 0.1) is 5.92 Å². The van der Waals surface area contributed by atoms with Crippen molar-refractivity contribution in [3.05, 3.63) is 59.1 Å². The number of benzene rings is 2. The van der Waals surface area contributed by atoms with Crippen LogP contribution in [0.1, 0.15) is 18.4 Å².